The van der Waals surface area contributed by atoms with Crippen LogP contribution in [0.2, 0.25) is 5.02 Å². The van der Waals surface area contributed by atoms with E-state index in [-0.39, 0.29) is 5.69 Å². The molecule has 8 heteroatoms. The molecule has 0 saturated heterocycles. The molecule has 3 aromatic rings. The number of fused-ring (bicyclic) bond motifs is 1. The molecule has 0 aliphatic carbocycles. The highest BCUT2D eigenvalue weighted by molar-refractivity contribution is 7.92. The van der Waals surface area contributed by atoms with Crippen LogP contribution in [0, 0.1) is 11.6 Å². The Morgan fingerprint density at radius 1 is 0.966 bits per heavy atom. The quantitative estimate of drug-likeness (QED) is 0.643. The molecule has 0 amide bonds. The van der Waals surface area contributed by atoms with Gasteiger partial charge in [0.05, 0.1) is 5.71 Å². The number of rotatable bonds is 4. The monoisotopic (exact) mass is 432 g/mol. The van der Waals surface area contributed by atoms with E-state index in [4.69, 9.17) is 11.6 Å². The smallest absolute Gasteiger partial charge is 0.267 e. The van der Waals surface area contributed by atoms with Gasteiger partial charge in [-0.3, -0.25) is 9.71 Å². The maximum atomic E-state index is 13.9. The number of anilines is 1. The molecule has 0 bridgehead atoms. The van der Waals surface area contributed by atoms with E-state index in [0.29, 0.717) is 22.8 Å². The Hall–Kier alpha value is -2.77. The molecule has 4 rings (SSSR count). The summed E-state index contributed by atoms with van der Waals surface area (Å²) < 4.78 is 55.2. The number of benzene rings is 3. The number of aliphatic imine (C=N–C) groups is 1. The topological polar surface area (TPSA) is 58.5 Å². The number of nitrogens with zero attached hydrogens (tertiary/aromatic N) is 1. The van der Waals surface area contributed by atoms with Crippen LogP contribution >= 0.6 is 11.6 Å². The Labute approximate surface area is 171 Å². The van der Waals surface area contributed by atoms with Gasteiger partial charge in [-0.05, 0) is 48.4 Å². The van der Waals surface area contributed by atoms with Crippen molar-refractivity contribution in [3.8, 4) is 0 Å². The average Bonchev–Trinajstić information content (AvgIpc) is 2.67. The summed E-state index contributed by atoms with van der Waals surface area (Å²) in [4.78, 5) is 3.55. The van der Waals surface area contributed by atoms with Crippen molar-refractivity contribution in [2.24, 2.45) is 4.99 Å². The number of halogens is 3. The largest absolute Gasteiger partial charge is 0.284 e. The third-order valence-corrected chi connectivity index (χ3v) is 6.22. The first kappa shape index (κ1) is 19.5. The molecule has 0 saturated carbocycles. The van der Waals surface area contributed by atoms with Gasteiger partial charge in [0.25, 0.3) is 10.0 Å². The van der Waals surface area contributed by atoms with Gasteiger partial charge < -0.3 is 0 Å². The number of nitrogens with one attached hydrogen (secondary N) is 1. The summed E-state index contributed by atoms with van der Waals surface area (Å²) in [6.07, 6.45) is 0.787. The number of sulfonamides is 1. The maximum absolute atomic E-state index is 13.9. The van der Waals surface area contributed by atoms with Gasteiger partial charge in [-0.2, -0.15) is 0 Å². The zero-order valence-corrected chi connectivity index (χ0v) is 16.6. The van der Waals surface area contributed by atoms with Gasteiger partial charge in [0.2, 0.25) is 0 Å². The minimum absolute atomic E-state index is 0.169. The minimum Gasteiger partial charge on any atom is -0.284 e. The van der Waals surface area contributed by atoms with Crippen LogP contribution in [-0.2, 0) is 16.4 Å². The Kier molecular flexibility index (Phi) is 5.10. The Balaban J connectivity index is 1.71. The lowest BCUT2D eigenvalue weighted by atomic mass is 9.93. The molecule has 1 aliphatic rings. The Morgan fingerprint density at radius 2 is 1.69 bits per heavy atom. The molecule has 148 valence electrons. The van der Waals surface area contributed by atoms with Crippen molar-refractivity contribution in [1.82, 2.24) is 0 Å². The molecule has 4 nitrogen and oxygen atoms in total. The SMILES string of the molecule is O=S(=O)(Nc1cccc(C2=NCCc3ccc(Cl)cc32)c1)c1c(F)cccc1F. The van der Waals surface area contributed by atoms with Crippen LogP contribution in [0.3, 0.4) is 0 Å². The second-order valence-corrected chi connectivity index (χ2v) is 8.57. The lowest BCUT2D eigenvalue weighted by Crippen LogP contribution is -2.17. The van der Waals surface area contributed by atoms with E-state index in [1.54, 1.807) is 18.2 Å². The molecular weight excluding hydrogens is 418 g/mol. The van der Waals surface area contributed by atoms with Crippen molar-refractivity contribution in [3.05, 3.63) is 94.0 Å². The molecule has 0 atom stereocenters. The van der Waals surface area contributed by atoms with Crippen LogP contribution < -0.4 is 4.72 Å². The van der Waals surface area contributed by atoms with Crippen LogP contribution in [0.15, 0.2) is 70.6 Å². The zero-order valence-electron chi connectivity index (χ0n) is 15.0. The lowest BCUT2D eigenvalue weighted by Gasteiger charge is -2.18. The molecule has 0 aromatic heterocycles. The molecule has 29 heavy (non-hydrogen) atoms. The molecular formula is C21H15ClF2N2O2S. The summed E-state index contributed by atoms with van der Waals surface area (Å²) in [5.41, 5.74) is 3.50. The number of hydrogen-bond donors (Lipinski definition) is 1. The van der Waals surface area contributed by atoms with Crippen molar-refractivity contribution in [3.63, 3.8) is 0 Å². The molecule has 1 aliphatic heterocycles. The van der Waals surface area contributed by atoms with Crippen molar-refractivity contribution < 1.29 is 17.2 Å². The summed E-state index contributed by atoms with van der Waals surface area (Å²) in [6, 6.07) is 15.0. The predicted molar refractivity (Wildman–Crippen MR) is 109 cm³/mol. The van der Waals surface area contributed by atoms with Crippen LogP contribution in [0.5, 0.6) is 0 Å². The van der Waals surface area contributed by atoms with Crippen molar-refractivity contribution in [2.45, 2.75) is 11.3 Å². The first-order chi connectivity index (χ1) is 13.8. The normalized spacial score (nSPS) is 13.6. The second kappa shape index (κ2) is 7.57. The summed E-state index contributed by atoms with van der Waals surface area (Å²) in [5, 5.41) is 0.574. The molecule has 0 fully saturated rings. The third kappa shape index (κ3) is 3.88. The van der Waals surface area contributed by atoms with Gasteiger partial charge in [-0.1, -0.05) is 35.9 Å². The van der Waals surface area contributed by atoms with E-state index in [2.05, 4.69) is 9.71 Å². The van der Waals surface area contributed by atoms with Crippen molar-refractivity contribution in [2.75, 3.05) is 11.3 Å². The third-order valence-electron chi connectivity index (χ3n) is 4.55. The van der Waals surface area contributed by atoms with E-state index in [1.807, 2.05) is 18.2 Å². The van der Waals surface area contributed by atoms with Gasteiger partial charge >= 0.3 is 0 Å². The standard InChI is InChI=1S/C21H15ClF2N2O2S/c22-15-8-7-13-9-10-25-20(17(13)12-15)14-3-1-4-16(11-14)26-29(27,28)21-18(23)5-2-6-19(21)24/h1-8,11-12,26H,9-10H2. The van der Waals surface area contributed by atoms with Gasteiger partial charge in [0.1, 0.15) is 11.6 Å². The summed E-state index contributed by atoms with van der Waals surface area (Å²) >= 11 is 6.13. The van der Waals surface area contributed by atoms with E-state index < -0.39 is 26.6 Å². The molecule has 0 unspecified atom stereocenters. The van der Waals surface area contributed by atoms with Crippen LogP contribution in [0.25, 0.3) is 0 Å². The van der Waals surface area contributed by atoms with Crippen molar-refractivity contribution >= 4 is 33.0 Å². The highest BCUT2D eigenvalue weighted by Crippen LogP contribution is 2.26. The van der Waals surface area contributed by atoms with E-state index >= 15 is 0 Å². The molecule has 3 aromatic carbocycles. The summed E-state index contributed by atoms with van der Waals surface area (Å²) in [7, 11) is -4.45. The Bertz CT molecular complexity index is 1220. The fraction of sp³-hybridized carbons (Fsp3) is 0.0952. The van der Waals surface area contributed by atoms with E-state index in [1.165, 1.54) is 6.07 Å². The molecule has 1 heterocycles. The highest BCUT2D eigenvalue weighted by Gasteiger charge is 2.24. The maximum Gasteiger partial charge on any atom is 0.267 e. The van der Waals surface area contributed by atoms with Gasteiger partial charge in [-0.15, -0.1) is 0 Å². The summed E-state index contributed by atoms with van der Waals surface area (Å²) in [6.45, 7) is 0.598. The van der Waals surface area contributed by atoms with E-state index in [0.717, 1.165) is 35.7 Å². The van der Waals surface area contributed by atoms with Crippen LogP contribution in [-0.4, -0.2) is 20.7 Å². The Morgan fingerprint density at radius 3 is 2.45 bits per heavy atom. The highest BCUT2D eigenvalue weighted by atomic mass is 35.5. The lowest BCUT2D eigenvalue weighted by molar-refractivity contribution is 0.521. The van der Waals surface area contributed by atoms with Gasteiger partial charge in [-0.25, -0.2) is 17.2 Å². The fourth-order valence-corrected chi connectivity index (χ4v) is 4.64. The van der Waals surface area contributed by atoms with Gasteiger partial charge in [0, 0.05) is 28.4 Å². The second-order valence-electron chi connectivity index (χ2n) is 6.52. The van der Waals surface area contributed by atoms with Crippen LogP contribution in [0.1, 0.15) is 16.7 Å². The average molecular weight is 433 g/mol. The fourth-order valence-electron chi connectivity index (χ4n) is 3.28. The predicted octanol–water partition coefficient (Wildman–Crippen LogP) is 4.81. The van der Waals surface area contributed by atoms with Crippen molar-refractivity contribution in [1.29, 1.82) is 0 Å². The van der Waals surface area contributed by atoms with Gasteiger partial charge in [0.15, 0.2) is 4.90 Å². The molecule has 1 N–H and O–H groups in total. The van der Waals surface area contributed by atoms with E-state index in [9.17, 15) is 17.2 Å². The zero-order chi connectivity index (χ0) is 20.6. The molecule has 0 radical (unpaired) electrons. The first-order valence-corrected chi connectivity index (χ1v) is 10.6. The minimum atomic E-state index is -4.45. The molecule has 0 spiro atoms. The van der Waals surface area contributed by atoms with Crippen LogP contribution in [0.4, 0.5) is 14.5 Å². The summed E-state index contributed by atoms with van der Waals surface area (Å²) in [5.74, 6) is -2.32. The first-order valence-electron chi connectivity index (χ1n) is 8.76. The number of hydrogen-bond acceptors (Lipinski definition) is 3.